The van der Waals surface area contributed by atoms with E-state index in [1.165, 1.54) is 0 Å². The molecule has 1 aliphatic carbocycles. The number of benzene rings is 1. The van der Waals surface area contributed by atoms with Crippen molar-refractivity contribution in [1.29, 1.82) is 0 Å². The van der Waals surface area contributed by atoms with Crippen molar-refractivity contribution in [2.45, 2.75) is 37.8 Å². The van der Waals surface area contributed by atoms with Crippen molar-refractivity contribution in [1.82, 2.24) is 5.32 Å². The van der Waals surface area contributed by atoms with Gasteiger partial charge in [0.25, 0.3) is 0 Å². The molecule has 1 atom stereocenters. The van der Waals surface area contributed by atoms with Crippen LogP contribution in [0.2, 0.25) is 0 Å². The number of hydrogen-bond donors (Lipinski definition) is 1. The Hall–Kier alpha value is -1.39. The fraction of sp³-hybridized carbons (Fsp3) is 0.562. The summed E-state index contributed by atoms with van der Waals surface area (Å²) in [4.78, 5) is 12.6. The lowest BCUT2D eigenvalue weighted by Crippen LogP contribution is -2.52. The number of methoxy groups -OCH3 is 1. The van der Waals surface area contributed by atoms with Crippen LogP contribution in [0.3, 0.4) is 0 Å². The first-order chi connectivity index (χ1) is 9.73. The van der Waals surface area contributed by atoms with Crippen LogP contribution in [0.1, 0.15) is 31.7 Å². The van der Waals surface area contributed by atoms with E-state index in [-0.39, 0.29) is 5.97 Å². The molecule has 1 aromatic carbocycles. The van der Waals surface area contributed by atoms with Gasteiger partial charge >= 0.3 is 5.97 Å². The normalized spacial score (nSPS) is 17.5. The number of nitrogens with one attached hydrogen (secondary N) is 1. The Kier molecular flexibility index (Phi) is 5.15. The molecule has 1 fully saturated rings. The predicted octanol–water partition coefficient (Wildman–Crippen LogP) is 2.23. The zero-order chi connectivity index (χ0) is 14.4. The smallest absolute Gasteiger partial charge is 0.331 e. The molecule has 0 bridgehead atoms. The Morgan fingerprint density at radius 3 is 2.60 bits per heavy atom. The van der Waals surface area contributed by atoms with E-state index in [2.05, 4.69) is 5.32 Å². The number of carbonyl (C=O) groups is 1. The van der Waals surface area contributed by atoms with Crippen LogP contribution in [0, 0.1) is 0 Å². The second-order valence-corrected chi connectivity index (χ2v) is 5.15. The van der Waals surface area contributed by atoms with Crippen LogP contribution in [0.15, 0.2) is 30.3 Å². The highest BCUT2D eigenvalue weighted by molar-refractivity contribution is 5.82. The fourth-order valence-corrected chi connectivity index (χ4v) is 2.39. The highest BCUT2D eigenvalue weighted by Crippen LogP contribution is 2.32. The maximum Gasteiger partial charge on any atom is 0.331 e. The van der Waals surface area contributed by atoms with E-state index in [1.54, 1.807) is 7.11 Å². The molecule has 0 aromatic heterocycles. The molecule has 0 spiro atoms. The van der Waals surface area contributed by atoms with Gasteiger partial charge in [-0.1, -0.05) is 30.3 Å². The predicted molar refractivity (Wildman–Crippen MR) is 77.4 cm³/mol. The molecular formula is C16H23NO3. The van der Waals surface area contributed by atoms with Crippen molar-refractivity contribution in [3.8, 4) is 0 Å². The summed E-state index contributed by atoms with van der Waals surface area (Å²) in [5.41, 5.74) is 0.149. The molecule has 0 heterocycles. The van der Waals surface area contributed by atoms with Crippen LogP contribution >= 0.6 is 0 Å². The second kappa shape index (κ2) is 6.86. The Bertz CT molecular complexity index is 431. The summed E-state index contributed by atoms with van der Waals surface area (Å²) in [7, 11) is 1.65. The summed E-state index contributed by atoms with van der Waals surface area (Å²) in [5.74, 6) is -0.213. The number of hydrogen-bond acceptors (Lipinski definition) is 4. The largest absolute Gasteiger partial charge is 0.464 e. The zero-order valence-corrected chi connectivity index (χ0v) is 12.2. The van der Waals surface area contributed by atoms with Gasteiger partial charge in [0.2, 0.25) is 0 Å². The molecular weight excluding hydrogens is 254 g/mol. The van der Waals surface area contributed by atoms with Gasteiger partial charge in [0.1, 0.15) is 5.54 Å². The maximum absolute atomic E-state index is 12.6. The van der Waals surface area contributed by atoms with Crippen molar-refractivity contribution in [3.63, 3.8) is 0 Å². The summed E-state index contributed by atoms with van der Waals surface area (Å²) in [5, 5.41) is 3.49. The van der Waals surface area contributed by atoms with Gasteiger partial charge in [-0.05, 0) is 25.3 Å². The van der Waals surface area contributed by atoms with E-state index in [1.807, 2.05) is 37.3 Å². The van der Waals surface area contributed by atoms with E-state index < -0.39 is 5.54 Å². The van der Waals surface area contributed by atoms with E-state index in [4.69, 9.17) is 9.47 Å². The quantitative estimate of drug-likeness (QED) is 0.740. The second-order valence-electron chi connectivity index (χ2n) is 5.15. The van der Waals surface area contributed by atoms with Gasteiger partial charge in [0.05, 0.1) is 6.61 Å². The monoisotopic (exact) mass is 277 g/mol. The number of esters is 1. The third-order valence-corrected chi connectivity index (χ3v) is 3.60. The summed E-state index contributed by atoms with van der Waals surface area (Å²) < 4.78 is 10.5. The Morgan fingerprint density at radius 2 is 2.05 bits per heavy atom. The molecule has 20 heavy (non-hydrogen) atoms. The standard InChI is InChI=1S/C16H23NO3/c1-3-20-15(18)16(11-12-19-2,17-14-9-10-14)13-7-5-4-6-8-13/h4-8,14,17H,3,9-12H2,1-2H3. The molecule has 1 saturated carbocycles. The van der Waals surface area contributed by atoms with Gasteiger partial charge in [-0.3, -0.25) is 5.32 Å². The van der Waals surface area contributed by atoms with Crippen molar-refractivity contribution < 1.29 is 14.3 Å². The van der Waals surface area contributed by atoms with E-state index in [0.717, 1.165) is 18.4 Å². The number of rotatable bonds is 8. The summed E-state index contributed by atoms with van der Waals surface area (Å²) >= 11 is 0. The molecule has 0 radical (unpaired) electrons. The van der Waals surface area contributed by atoms with Crippen molar-refractivity contribution >= 4 is 5.97 Å². The van der Waals surface area contributed by atoms with Gasteiger partial charge in [0, 0.05) is 26.2 Å². The minimum absolute atomic E-state index is 0.213. The van der Waals surface area contributed by atoms with Crippen molar-refractivity contribution in [3.05, 3.63) is 35.9 Å². The van der Waals surface area contributed by atoms with Crippen LogP contribution in [-0.2, 0) is 19.8 Å². The van der Waals surface area contributed by atoms with E-state index in [0.29, 0.717) is 25.7 Å². The van der Waals surface area contributed by atoms with Crippen molar-refractivity contribution in [2.75, 3.05) is 20.3 Å². The van der Waals surface area contributed by atoms with Gasteiger partial charge in [-0.2, -0.15) is 0 Å². The average Bonchev–Trinajstić information content (AvgIpc) is 3.28. The van der Waals surface area contributed by atoms with Crippen LogP contribution < -0.4 is 5.32 Å². The zero-order valence-electron chi connectivity index (χ0n) is 12.2. The van der Waals surface area contributed by atoms with E-state index >= 15 is 0 Å². The Morgan fingerprint density at radius 1 is 1.35 bits per heavy atom. The molecule has 0 saturated heterocycles. The fourth-order valence-electron chi connectivity index (χ4n) is 2.39. The summed E-state index contributed by atoms with van der Waals surface area (Å²) in [6.07, 6.45) is 2.80. The highest BCUT2D eigenvalue weighted by atomic mass is 16.5. The van der Waals surface area contributed by atoms with Crippen LogP contribution in [0.25, 0.3) is 0 Å². The van der Waals surface area contributed by atoms with Crippen LogP contribution in [0.4, 0.5) is 0 Å². The van der Waals surface area contributed by atoms with Gasteiger partial charge in [0.15, 0.2) is 0 Å². The highest BCUT2D eigenvalue weighted by Gasteiger charge is 2.44. The molecule has 110 valence electrons. The average molecular weight is 277 g/mol. The lowest BCUT2D eigenvalue weighted by atomic mass is 9.86. The third kappa shape index (κ3) is 3.38. The molecule has 2 rings (SSSR count). The van der Waals surface area contributed by atoms with Crippen LogP contribution in [-0.4, -0.2) is 32.3 Å². The first-order valence-electron chi connectivity index (χ1n) is 7.22. The Balaban J connectivity index is 2.33. The van der Waals surface area contributed by atoms with Crippen LogP contribution in [0.5, 0.6) is 0 Å². The third-order valence-electron chi connectivity index (χ3n) is 3.60. The van der Waals surface area contributed by atoms with Gasteiger partial charge < -0.3 is 9.47 Å². The lowest BCUT2D eigenvalue weighted by Gasteiger charge is -2.33. The first-order valence-corrected chi connectivity index (χ1v) is 7.22. The molecule has 1 aliphatic rings. The van der Waals surface area contributed by atoms with Gasteiger partial charge in [-0.25, -0.2) is 4.79 Å². The molecule has 1 N–H and O–H groups in total. The minimum atomic E-state index is -0.797. The topological polar surface area (TPSA) is 47.6 Å². The van der Waals surface area contributed by atoms with Gasteiger partial charge in [-0.15, -0.1) is 0 Å². The first kappa shape index (κ1) is 15.0. The number of ether oxygens (including phenoxy) is 2. The van der Waals surface area contributed by atoms with Crippen molar-refractivity contribution in [2.24, 2.45) is 0 Å². The number of carbonyl (C=O) groups excluding carboxylic acids is 1. The Labute approximate surface area is 120 Å². The molecule has 1 unspecified atom stereocenters. The molecule has 0 aliphatic heterocycles. The van der Waals surface area contributed by atoms with E-state index in [9.17, 15) is 4.79 Å². The molecule has 4 heteroatoms. The maximum atomic E-state index is 12.6. The molecule has 4 nitrogen and oxygen atoms in total. The SMILES string of the molecule is CCOC(=O)C(CCOC)(NC1CC1)c1ccccc1. The summed E-state index contributed by atoms with van der Waals surface area (Å²) in [6.45, 7) is 2.72. The lowest BCUT2D eigenvalue weighted by molar-refractivity contribution is -0.153. The molecule has 0 amide bonds. The minimum Gasteiger partial charge on any atom is -0.464 e. The molecule has 1 aromatic rings. The summed E-state index contributed by atoms with van der Waals surface area (Å²) in [6, 6.07) is 10.2.